The molecule has 0 aliphatic rings. The fourth-order valence-corrected chi connectivity index (χ4v) is 1.68. The summed E-state index contributed by atoms with van der Waals surface area (Å²) in [7, 11) is 0. The zero-order valence-electron chi connectivity index (χ0n) is 10.3. The summed E-state index contributed by atoms with van der Waals surface area (Å²) >= 11 is 3.30. The first kappa shape index (κ1) is 13.5. The van der Waals surface area contributed by atoms with Gasteiger partial charge in [0.2, 0.25) is 5.88 Å². The van der Waals surface area contributed by atoms with Crippen LogP contribution in [0.5, 0.6) is 11.6 Å². The number of rotatable bonds is 4. The third-order valence-electron chi connectivity index (χ3n) is 2.27. The Kier molecular flexibility index (Phi) is 4.52. The Morgan fingerprint density at radius 1 is 1.32 bits per heavy atom. The van der Waals surface area contributed by atoms with Crippen LogP contribution in [0.4, 0.5) is 0 Å². The highest BCUT2D eigenvalue weighted by Gasteiger charge is 2.08. The van der Waals surface area contributed by atoms with Gasteiger partial charge in [-0.1, -0.05) is 6.07 Å². The number of ether oxygens (including phenoxy) is 2. The SMILES string of the molecule is CCOC(=O)c1cccc(Oc2ccc(Br)cn2)c1. The van der Waals surface area contributed by atoms with Gasteiger partial charge in [-0.15, -0.1) is 0 Å². The van der Waals surface area contributed by atoms with E-state index in [0.717, 1.165) is 4.47 Å². The van der Waals surface area contributed by atoms with Gasteiger partial charge in [-0.25, -0.2) is 9.78 Å². The molecule has 98 valence electrons. The van der Waals surface area contributed by atoms with Crippen molar-refractivity contribution >= 4 is 21.9 Å². The largest absolute Gasteiger partial charge is 0.462 e. The van der Waals surface area contributed by atoms with Gasteiger partial charge < -0.3 is 9.47 Å². The lowest BCUT2D eigenvalue weighted by molar-refractivity contribution is 0.0526. The Morgan fingerprint density at radius 2 is 2.16 bits per heavy atom. The van der Waals surface area contributed by atoms with E-state index in [9.17, 15) is 4.79 Å². The van der Waals surface area contributed by atoms with Crippen molar-refractivity contribution < 1.29 is 14.3 Å². The van der Waals surface area contributed by atoms with Crippen molar-refractivity contribution in [3.63, 3.8) is 0 Å². The van der Waals surface area contributed by atoms with Crippen molar-refractivity contribution in [1.29, 1.82) is 0 Å². The van der Waals surface area contributed by atoms with Gasteiger partial charge >= 0.3 is 5.97 Å². The van der Waals surface area contributed by atoms with E-state index in [4.69, 9.17) is 9.47 Å². The van der Waals surface area contributed by atoms with Crippen LogP contribution in [0.1, 0.15) is 17.3 Å². The Labute approximate surface area is 119 Å². The Balaban J connectivity index is 2.15. The molecule has 1 aromatic heterocycles. The minimum atomic E-state index is -0.364. The highest BCUT2D eigenvalue weighted by molar-refractivity contribution is 9.10. The standard InChI is InChI=1S/C14H12BrNO3/c1-2-18-14(17)10-4-3-5-12(8-10)19-13-7-6-11(15)9-16-13/h3-9H,2H2,1H3. The van der Waals surface area contributed by atoms with E-state index in [1.165, 1.54) is 0 Å². The molecule has 19 heavy (non-hydrogen) atoms. The van der Waals surface area contributed by atoms with Crippen molar-refractivity contribution in [2.24, 2.45) is 0 Å². The van der Waals surface area contributed by atoms with Crippen LogP contribution < -0.4 is 4.74 Å². The minimum Gasteiger partial charge on any atom is -0.462 e. The molecule has 0 fully saturated rings. The predicted molar refractivity (Wildman–Crippen MR) is 74.4 cm³/mol. The zero-order valence-corrected chi connectivity index (χ0v) is 11.9. The molecule has 1 aromatic carbocycles. The third-order valence-corrected chi connectivity index (χ3v) is 2.74. The van der Waals surface area contributed by atoms with Crippen LogP contribution in [0, 0.1) is 0 Å². The molecule has 0 atom stereocenters. The number of carbonyl (C=O) groups excluding carboxylic acids is 1. The normalized spacial score (nSPS) is 10.0. The number of halogens is 1. The van der Waals surface area contributed by atoms with Crippen molar-refractivity contribution in [3.05, 3.63) is 52.6 Å². The van der Waals surface area contributed by atoms with Crippen LogP contribution in [-0.4, -0.2) is 17.6 Å². The van der Waals surface area contributed by atoms with Gasteiger partial charge in [0.1, 0.15) is 5.75 Å². The summed E-state index contributed by atoms with van der Waals surface area (Å²) in [5, 5.41) is 0. The quantitative estimate of drug-likeness (QED) is 0.803. The van der Waals surface area contributed by atoms with Crippen LogP contribution in [0.2, 0.25) is 0 Å². The first-order valence-corrected chi connectivity index (χ1v) is 6.55. The van der Waals surface area contributed by atoms with E-state index in [-0.39, 0.29) is 5.97 Å². The number of pyridine rings is 1. The van der Waals surface area contributed by atoms with Gasteiger partial charge in [-0.3, -0.25) is 0 Å². The van der Waals surface area contributed by atoms with Gasteiger partial charge in [0.05, 0.1) is 12.2 Å². The lowest BCUT2D eigenvalue weighted by Crippen LogP contribution is -2.04. The molecule has 0 saturated carbocycles. The molecular weight excluding hydrogens is 310 g/mol. The molecule has 0 saturated heterocycles. The molecular formula is C14H12BrNO3. The maximum Gasteiger partial charge on any atom is 0.338 e. The second kappa shape index (κ2) is 6.33. The molecule has 2 aromatic rings. The maximum atomic E-state index is 11.6. The van der Waals surface area contributed by atoms with Crippen LogP contribution in [0.15, 0.2) is 47.1 Å². The van der Waals surface area contributed by atoms with E-state index in [1.807, 2.05) is 6.07 Å². The van der Waals surface area contributed by atoms with Crippen molar-refractivity contribution in [2.45, 2.75) is 6.92 Å². The third kappa shape index (κ3) is 3.79. The van der Waals surface area contributed by atoms with E-state index in [1.54, 1.807) is 43.5 Å². The maximum absolute atomic E-state index is 11.6. The number of hydrogen-bond donors (Lipinski definition) is 0. The summed E-state index contributed by atoms with van der Waals surface area (Å²) in [4.78, 5) is 15.7. The molecule has 0 unspecified atom stereocenters. The van der Waals surface area contributed by atoms with Gasteiger partial charge in [0.25, 0.3) is 0 Å². The summed E-state index contributed by atoms with van der Waals surface area (Å²) in [6, 6.07) is 10.4. The number of nitrogens with zero attached hydrogens (tertiary/aromatic N) is 1. The number of aromatic nitrogens is 1. The summed E-state index contributed by atoms with van der Waals surface area (Å²) in [6.07, 6.45) is 1.64. The molecule has 0 aliphatic carbocycles. The Morgan fingerprint density at radius 3 is 2.84 bits per heavy atom. The minimum absolute atomic E-state index is 0.345. The van der Waals surface area contributed by atoms with Crippen LogP contribution in [0.25, 0.3) is 0 Å². The number of carbonyl (C=O) groups is 1. The van der Waals surface area contributed by atoms with Gasteiger partial charge in [-0.2, -0.15) is 0 Å². The van der Waals surface area contributed by atoms with E-state index < -0.39 is 0 Å². The average molecular weight is 322 g/mol. The topological polar surface area (TPSA) is 48.4 Å². The van der Waals surface area contributed by atoms with Crippen LogP contribution in [-0.2, 0) is 4.74 Å². The van der Waals surface area contributed by atoms with E-state index in [2.05, 4.69) is 20.9 Å². The lowest BCUT2D eigenvalue weighted by atomic mass is 10.2. The molecule has 0 spiro atoms. The molecule has 4 nitrogen and oxygen atoms in total. The zero-order chi connectivity index (χ0) is 13.7. The molecule has 0 aliphatic heterocycles. The first-order valence-electron chi connectivity index (χ1n) is 5.75. The fraction of sp³-hybridized carbons (Fsp3) is 0.143. The van der Waals surface area contributed by atoms with E-state index in [0.29, 0.717) is 23.8 Å². The van der Waals surface area contributed by atoms with Gasteiger partial charge in [0, 0.05) is 16.7 Å². The molecule has 0 bridgehead atoms. The molecule has 5 heteroatoms. The van der Waals surface area contributed by atoms with Crippen molar-refractivity contribution in [2.75, 3.05) is 6.61 Å². The van der Waals surface area contributed by atoms with Gasteiger partial charge in [0.15, 0.2) is 0 Å². The summed E-state index contributed by atoms with van der Waals surface area (Å²) in [5.74, 6) is 0.640. The highest BCUT2D eigenvalue weighted by Crippen LogP contribution is 2.21. The second-order valence-electron chi connectivity index (χ2n) is 3.67. The van der Waals surface area contributed by atoms with Crippen LogP contribution >= 0.6 is 15.9 Å². The molecule has 0 N–H and O–H groups in total. The number of benzene rings is 1. The number of esters is 1. The van der Waals surface area contributed by atoms with Crippen molar-refractivity contribution in [1.82, 2.24) is 4.98 Å². The van der Waals surface area contributed by atoms with E-state index >= 15 is 0 Å². The molecule has 2 rings (SSSR count). The van der Waals surface area contributed by atoms with Crippen molar-refractivity contribution in [3.8, 4) is 11.6 Å². The average Bonchev–Trinajstić information content (AvgIpc) is 2.42. The highest BCUT2D eigenvalue weighted by atomic mass is 79.9. The predicted octanol–water partition coefficient (Wildman–Crippen LogP) is 3.81. The lowest BCUT2D eigenvalue weighted by Gasteiger charge is -2.06. The monoisotopic (exact) mass is 321 g/mol. The summed E-state index contributed by atoms with van der Waals surface area (Å²) < 4.78 is 11.4. The van der Waals surface area contributed by atoms with Crippen LogP contribution in [0.3, 0.4) is 0 Å². The first-order chi connectivity index (χ1) is 9.19. The second-order valence-corrected chi connectivity index (χ2v) is 4.58. The molecule has 0 amide bonds. The Hall–Kier alpha value is -1.88. The Bertz CT molecular complexity index is 569. The fourth-order valence-electron chi connectivity index (χ4n) is 1.44. The smallest absolute Gasteiger partial charge is 0.338 e. The summed E-state index contributed by atoms with van der Waals surface area (Å²) in [5.41, 5.74) is 0.455. The molecule has 0 radical (unpaired) electrons. The molecule has 1 heterocycles. The summed E-state index contributed by atoms with van der Waals surface area (Å²) in [6.45, 7) is 2.11. The van der Waals surface area contributed by atoms with Gasteiger partial charge in [-0.05, 0) is 47.1 Å². The number of hydrogen-bond acceptors (Lipinski definition) is 4.